The molecule has 1 aromatic heterocycles. The van der Waals surface area contributed by atoms with Crippen LogP contribution in [0.5, 0.6) is 0 Å². The molecule has 7 heteroatoms. The summed E-state index contributed by atoms with van der Waals surface area (Å²) in [5, 5.41) is 7.93. The van der Waals surface area contributed by atoms with Gasteiger partial charge in [-0.15, -0.1) is 0 Å². The number of hydrogen-bond acceptors (Lipinski definition) is 4. The number of amides is 3. The van der Waals surface area contributed by atoms with Gasteiger partial charge in [0, 0.05) is 60.3 Å². The number of nitrogens with one attached hydrogen (secondary N) is 2. The van der Waals surface area contributed by atoms with Crippen molar-refractivity contribution in [3.63, 3.8) is 0 Å². The molecular weight excluding hydrogens is 452 g/mol. The maximum atomic E-state index is 12.8. The molecule has 1 saturated carbocycles. The fourth-order valence-corrected chi connectivity index (χ4v) is 4.29. The lowest BCUT2D eigenvalue weighted by Crippen LogP contribution is -2.21. The van der Waals surface area contributed by atoms with Gasteiger partial charge in [-0.3, -0.25) is 19.4 Å². The Bertz CT molecular complexity index is 1450. The van der Waals surface area contributed by atoms with Crippen LogP contribution in [0, 0.1) is 5.92 Å². The molecule has 0 bridgehead atoms. The molecule has 180 valence electrons. The second kappa shape index (κ2) is 9.62. The zero-order valence-corrected chi connectivity index (χ0v) is 20.1. The highest BCUT2D eigenvalue weighted by atomic mass is 16.2. The van der Waals surface area contributed by atoms with Crippen LogP contribution in [0.2, 0.25) is 0 Å². The Labute approximate surface area is 209 Å². The van der Waals surface area contributed by atoms with Crippen molar-refractivity contribution in [3.8, 4) is 0 Å². The van der Waals surface area contributed by atoms with E-state index in [0.717, 1.165) is 28.4 Å². The van der Waals surface area contributed by atoms with Crippen LogP contribution in [0.3, 0.4) is 0 Å². The van der Waals surface area contributed by atoms with Gasteiger partial charge in [0.1, 0.15) is 0 Å². The highest BCUT2D eigenvalue weighted by Gasteiger charge is 2.43. The zero-order valence-electron chi connectivity index (χ0n) is 20.1. The van der Waals surface area contributed by atoms with Crippen LogP contribution in [0.25, 0.3) is 10.8 Å². The second-order valence-corrected chi connectivity index (χ2v) is 9.23. The first-order valence-electron chi connectivity index (χ1n) is 11.8. The zero-order chi connectivity index (χ0) is 25.2. The number of fused-ring (bicyclic) bond motifs is 1. The summed E-state index contributed by atoms with van der Waals surface area (Å²) in [5.74, 6) is -0.253. The first-order valence-corrected chi connectivity index (χ1v) is 11.8. The standard InChI is InChI=1S/C29H26N4O3/c1-33(2)29(36)20-7-10-23(11-8-20)31-27(34)19-5-3-18(4-6-19)25-16-26(25)28(35)32-24-12-9-22-17-30-14-13-21(22)15-24/h3-15,17,25-26H,16H2,1-2H3,(H,31,34)(H,32,35)/t25-,26+/m0/s1. The van der Waals surface area contributed by atoms with E-state index in [9.17, 15) is 14.4 Å². The lowest BCUT2D eigenvalue weighted by atomic mass is 10.1. The number of rotatable bonds is 6. The average molecular weight is 479 g/mol. The fraction of sp³-hybridized carbons (Fsp3) is 0.172. The van der Waals surface area contributed by atoms with Crippen LogP contribution in [-0.2, 0) is 4.79 Å². The van der Waals surface area contributed by atoms with E-state index < -0.39 is 0 Å². The van der Waals surface area contributed by atoms with Gasteiger partial charge in [-0.2, -0.15) is 0 Å². The van der Waals surface area contributed by atoms with Gasteiger partial charge in [0.2, 0.25) is 5.91 Å². The topological polar surface area (TPSA) is 91.4 Å². The molecule has 0 radical (unpaired) electrons. The Morgan fingerprint density at radius 1 is 0.806 bits per heavy atom. The third-order valence-electron chi connectivity index (χ3n) is 6.43. The second-order valence-electron chi connectivity index (χ2n) is 9.23. The summed E-state index contributed by atoms with van der Waals surface area (Å²) < 4.78 is 0. The molecule has 0 spiro atoms. The normalized spacial score (nSPS) is 16.3. The maximum absolute atomic E-state index is 12.8. The van der Waals surface area contributed by atoms with Crippen molar-refractivity contribution < 1.29 is 14.4 Å². The van der Waals surface area contributed by atoms with E-state index in [1.165, 1.54) is 4.90 Å². The van der Waals surface area contributed by atoms with Gasteiger partial charge in [-0.1, -0.05) is 18.2 Å². The van der Waals surface area contributed by atoms with E-state index in [1.807, 2.05) is 36.4 Å². The Kier molecular flexibility index (Phi) is 6.21. The van der Waals surface area contributed by atoms with Crippen molar-refractivity contribution in [1.82, 2.24) is 9.88 Å². The Morgan fingerprint density at radius 3 is 2.22 bits per heavy atom. The number of carbonyl (C=O) groups excluding carboxylic acids is 3. The van der Waals surface area contributed by atoms with Gasteiger partial charge in [0.15, 0.2) is 0 Å². The highest BCUT2D eigenvalue weighted by Crippen LogP contribution is 2.48. The number of carbonyl (C=O) groups is 3. The van der Waals surface area contributed by atoms with E-state index in [-0.39, 0.29) is 29.6 Å². The van der Waals surface area contributed by atoms with Crippen LogP contribution < -0.4 is 10.6 Å². The third kappa shape index (κ3) is 4.95. The molecule has 0 saturated heterocycles. The fourth-order valence-electron chi connectivity index (χ4n) is 4.29. The van der Waals surface area contributed by atoms with E-state index in [4.69, 9.17) is 0 Å². The minimum absolute atomic E-state index is 0.00595. The molecule has 1 fully saturated rings. The molecule has 3 amide bonds. The molecule has 4 aromatic rings. The van der Waals surface area contributed by atoms with E-state index in [0.29, 0.717) is 16.8 Å². The summed E-state index contributed by atoms with van der Waals surface area (Å²) in [6.45, 7) is 0. The van der Waals surface area contributed by atoms with Gasteiger partial charge in [0.25, 0.3) is 11.8 Å². The summed E-state index contributed by atoms with van der Waals surface area (Å²) in [7, 11) is 3.39. The first kappa shape index (κ1) is 23.2. The monoisotopic (exact) mass is 478 g/mol. The van der Waals surface area contributed by atoms with E-state index in [2.05, 4.69) is 15.6 Å². The third-order valence-corrected chi connectivity index (χ3v) is 6.43. The summed E-state index contributed by atoms with van der Waals surface area (Å²) in [5.41, 5.74) is 3.52. The number of aromatic nitrogens is 1. The summed E-state index contributed by atoms with van der Waals surface area (Å²) >= 11 is 0. The minimum Gasteiger partial charge on any atom is -0.345 e. The number of anilines is 2. The molecule has 0 aliphatic heterocycles. The SMILES string of the molecule is CN(C)C(=O)c1ccc(NC(=O)c2ccc([C@@H]3C[C@H]3C(=O)Nc3ccc4cnccc4c3)cc2)cc1. The molecular formula is C29H26N4O3. The lowest BCUT2D eigenvalue weighted by molar-refractivity contribution is -0.117. The molecule has 2 atom stereocenters. The van der Waals surface area contributed by atoms with Crippen molar-refractivity contribution in [1.29, 1.82) is 0 Å². The summed E-state index contributed by atoms with van der Waals surface area (Å²) in [6.07, 6.45) is 4.32. The van der Waals surface area contributed by atoms with Crippen molar-refractivity contribution >= 4 is 39.9 Å². The molecule has 1 aliphatic carbocycles. The van der Waals surface area contributed by atoms with Crippen LogP contribution in [0.4, 0.5) is 11.4 Å². The van der Waals surface area contributed by atoms with E-state index in [1.54, 1.807) is 62.9 Å². The van der Waals surface area contributed by atoms with Crippen molar-refractivity contribution in [2.75, 3.05) is 24.7 Å². The van der Waals surface area contributed by atoms with Crippen molar-refractivity contribution in [2.45, 2.75) is 12.3 Å². The number of nitrogens with zero attached hydrogens (tertiary/aromatic N) is 2. The predicted molar refractivity (Wildman–Crippen MR) is 140 cm³/mol. The molecule has 1 aliphatic rings. The average Bonchev–Trinajstić information content (AvgIpc) is 3.70. The Balaban J connectivity index is 1.17. The van der Waals surface area contributed by atoms with Gasteiger partial charge in [0.05, 0.1) is 0 Å². The van der Waals surface area contributed by atoms with Gasteiger partial charge >= 0.3 is 0 Å². The molecule has 5 rings (SSSR count). The largest absolute Gasteiger partial charge is 0.345 e. The number of pyridine rings is 1. The van der Waals surface area contributed by atoms with Crippen LogP contribution in [0.15, 0.2) is 85.2 Å². The van der Waals surface area contributed by atoms with Crippen molar-refractivity contribution in [3.05, 3.63) is 102 Å². The molecule has 7 nitrogen and oxygen atoms in total. The number of benzene rings is 3. The molecule has 0 unspecified atom stereocenters. The quantitative estimate of drug-likeness (QED) is 0.411. The molecule has 3 aromatic carbocycles. The lowest BCUT2D eigenvalue weighted by Gasteiger charge is -2.11. The Morgan fingerprint density at radius 2 is 1.50 bits per heavy atom. The summed E-state index contributed by atoms with van der Waals surface area (Å²) in [6, 6.07) is 21.9. The van der Waals surface area contributed by atoms with E-state index >= 15 is 0 Å². The molecule has 2 N–H and O–H groups in total. The van der Waals surface area contributed by atoms with Gasteiger partial charge in [-0.25, -0.2) is 0 Å². The molecule has 36 heavy (non-hydrogen) atoms. The van der Waals surface area contributed by atoms with Crippen LogP contribution in [0.1, 0.15) is 38.6 Å². The highest BCUT2D eigenvalue weighted by molar-refractivity contribution is 6.04. The first-order chi connectivity index (χ1) is 17.4. The van der Waals surface area contributed by atoms with Gasteiger partial charge < -0.3 is 15.5 Å². The number of hydrogen-bond donors (Lipinski definition) is 2. The molecule has 1 heterocycles. The smallest absolute Gasteiger partial charge is 0.255 e. The van der Waals surface area contributed by atoms with Crippen LogP contribution >= 0.6 is 0 Å². The summed E-state index contributed by atoms with van der Waals surface area (Å²) in [4.78, 5) is 43.0. The van der Waals surface area contributed by atoms with Gasteiger partial charge in [-0.05, 0) is 77.9 Å². The van der Waals surface area contributed by atoms with Crippen LogP contribution in [-0.4, -0.2) is 41.7 Å². The Hall–Kier alpha value is -4.52. The minimum atomic E-state index is -0.232. The maximum Gasteiger partial charge on any atom is 0.255 e. The predicted octanol–water partition coefficient (Wildman–Crippen LogP) is 4.93. The van der Waals surface area contributed by atoms with Crippen molar-refractivity contribution in [2.24, 2.45) is 5.92 Å².